The van der Waals surface area contributed by atoms with E-state index in [0.29, 0.717) is 32.7 Å². The van der Waals surface area contributed by atoms with E-state index < -0.39 is 0 Å². The first-order chi connectivity index (χ1) is 58.8. The fourth-order valence-electron chi connectivity index (χ4n) is 9.19. The second-order valence-corrected chi connectivity index (χ2v) is 26.4. The van der Waals surface area contributed by atoms with Gasteiger partial charge in [-0.15, -0.1) is 0 Å². The van der Waals surface area contributed by atoms with Crippen LogP contribution in [0.5, 0.6) is 0 Å². The Morgan fingerprint density at radius 2 is 0.548 bits per heavy atom. The zero-order valence-corrected chi connectivity index (χ0v) is 72.0. The molecule has 40 nitrogen and oxygen atoms in total. The van der Waals surface area contributed by atoms with Crippen LogP contribution in [0.15, 0.2) is 283 Å². The van der Waals surface area contributed by atoms with Crippen molar-refractivity contribution in [2.45, 2.75) is 51.6 Å². The lowest BCUT2D eigenvalue weighted by Gasteiger charge is -2.16. The zero-order chi connectivity index (χ0) is 92.9. The zero-order valence-electron chi connectivity index (χ0n) is 72.0. The predicted octanol–water partition coefficient (Wildman–Crippen LogP) is 3.70. The SMILES string of the molecule is CN(C(=N)N)C(N)=NCCCc1ccccc1.CN(C(=N)N)C(N)=NCCc1ccccc1.CN(C(=N)N)C(N)=NCc1ccccc1.CN(C(=N)N)C(N)=Nc1ccccc1.CN(C(=N)N=C(N)N)c1ccccc1.CN(CCCc1ccccc1)C(=N)N=C(N)N.CN(CCc1ccccc1)C(=N)N=C(N)N.CN(Cc1ccccc1)C(=N)N=C(N)N. The van der Waals surface area contributed by atoms with Crippen LogP contribution in [0.4, 0.5) is 11.4 Å². The predicted molar refractivity (Wildman–Crippen MR) is 513 cm³/mol. The van der Waals surface area contributed by atoms with Gasteiger partial charge < -0.3 is 111 Å². The molecule has 40 N–H and O–H groups in total. The number of aliphatic imine (C=N–C) groups is 8. The van der Waals surface area contributed by atoms with Gasteiger partial charge in [0.05, 0.1) is 12.2 Å². The highest BCUT2D eigenvalue weighted by Gasteiger charge is 2.11. The molecule has 0 atom stereocenters. The summed E-state index contributed by atoms with van der Waals surface area (Å²) >= 11 is 0. The van der Waals surface area contributed by atoms with Crippen molar-refractivity contribution in [3.05, 3.63) is 276 Å². The Morgan fingerprint density at radius 3 is 0.919 bits per heavy atom. The Balaban J connectivity index is 0.000000709. The third-order valence-corrected chi connectivity index (χ3v) is 16.5. The maximum atomic E-state index is 7.59. The first-order valence-corrected chi connectivity index (χ1v) is 38.3. The lowest BCUT2D eigenvalue weighted by atomic mass is 10.1. The summed E-state index contributed by atoms with van der Waals surface area (Å²) in [6.45, 7) is 3.79. The number of hydrogen-bond acceptors (Lipinski definition) is 12. The van der Waals surface area contributed by atoms with E-state index in [1.807, 2.05) is 206 Å². The van der Waals surface area contributed by atoms with Gasteiger partial charge in [0.25, 0.3) is 0 Å². The van der Waals surface area contributed by atoms with Crippen molar-refractivity contribution in [3.63, 3.8) is 0 Å². The van der Waals surface area contributed by atoms with Crippen LogP contribution in [0.1, 0.15) is 46.2 Å². The molecule has 0 heterocycles. The molecule has 8 aromatic carbocycles. The summed E-state index contributed by atoms with van der Waals surface area (Å²) in [6, 6.07) is 78.9. The molecule has 8 rings (SSSR count). The van der Waals surface area contributed by atoms with Gasteiger partial charge in [0.2, 0.25) is 29.8 Å². The molecule has 0 aliphatic rings. The third-order valence-electron chi connectivity index (χ3n) is 16.5. The third kappa shape index (κ3) is 49.7. The van der Waals surface area contributed by atoms with Gasteiger partial charge in [0, 0.05) is 94.8 Å². The number of likely N-dealkylation sites (N-methyl/N-ethyl adjacent to an activating group) is 1. The molecule has 8 aromatic rings. The average Bonchev–Trinajstić information content (AvgIpc) is 0.883. The molecule has 0 bridgehead atoms. The molecule has 40 heteroatoms. The van der Waals surface area contributed by atoms with Crippen molar-refractivity contribution in [2.75, 3.05) is 87.5 Å². The van der Waals surface area contributed by atoms with Gasteiger partial charge in [0.15, 0.2) is 65.6 Å². The van der Waals surface area contributed by atoms with Crippen LogP contribution in [-0.2, 0) is 38.8 Å². The average molecular weight is 1700 g/mol. The van der Waals surface area contributed by atoms with Crippen LogP contribution in [-0.4, -0.2) is 212 Å². The highest BCUT2D eigenvalue weighted by molar-refractivity contribution is 6.01. The van der Waals surface area contributed by atoms with Crippen molar-refractivity contribution in [1.29, 1.82) is 43.3 Å². The second kappa shape index (κ2) is 61.1. The molecular formula is C84H128N40. The molecule has 0 amide bonds. The van der Waals surface area contributed by atoms with E-state index in [1.54, 1.807) is 76.0 Å². The molecular weight excluding hydrogens is 1570 g/mol. The van der Waals surface area contributed by atoms with Gasteiger partial charge in [-0.1, -0.05) is 218 Å². The largest absolute Gasteiger partial charge is 0.370 e. The number of aryl methyl sites for hydroxylation is 2. The minimum atomic E-state index is -0.137. The number of nitrogens with zero attached hydrogens (tertiary/aromatic N) is 16. The summed E-state index contributed by atoms with van der Waals surface area (Å²) in [5, 5.41) is 58.9. The van der Waals surface area contributed by atoms with Gasteiger partial charge in [0.1, 0.15) is 0 Å². The van der Waals surface area contributed by atoms with E-state index in [2.05, 4.69) is 76.3 Å². The summed E-state index contributed by atoms with van der Waals surface area (Å²) in [6.07, 6.45) is 5.54. The van der Waals surface area contributed by atoms with Crippen LogP contribution in [0.3, 0.4) is 0 Å². The molecule has 0 saturated carbocycles. The van der Waals surface area contributed by atoms with Crippen LogP contribution >= 0.6 is 0 Å². The van der Waals surface area contributed by atoms with E-state index >= 15 is 0 Å². The lowest BCUT2D eigenvalue weighted by molar-refractivity contribution is 0.480. The Bertz CT molecular complexity index is 4690. The van der Waals surface area contributed by atoms with Gasteiger partial charge >= 0.3 is 0 Å². The summed E-state index contributed by atoms with van der Waals surface area (Å²) in [5.41, 5.74) is 93.9. The molecule has 0 spiro atoms. The van der Waals surface area contributed by atoms with Crippen molar-refractivity contribution in [3.8, 4) is 0 Å². The monoisotopic (exact) mass is 1700 g/mol. The molecule has 0 saturated heterocycles. The Labute approximate surface area is 727 Å². The summed E-state index contributed by atoms with van der Waals surface area (Å²) in [7, 11) is 13.5. The van der Waals surface area contributed by atoms with Crippen molar-refractivity contribution < 1.29 is 0 Å². The summed E-state index contributed by atoms with van der Waals surface area (Å²) in [5.74, 6) is 0.383. The van der Waals surface area contributed by atoms with Crippen LogP contribution < -0.4 is 96.6 Å². The van der Waals surface area contributed by atoms with Crippen molar-refractivity contribution in [2.24, 2.45) is 132 Å². The van der Waals surface area contributed by atoms with Crippen LogP contribution in [0.2, 0.25) is 0 Å². The normalized spacial score (nSPS) is 10.3. The second-order valence-electron chi connectivity index (χ2n) is 26.4. The first-order valence-electron chi connectivity index (χ1n) is 38.3. The summed E-state index contributed by atoms with van der Waals surface area (Å²) in [4.78, 5) is 43.1. The number of nitrogens with one attached hydrogen (secondary N) is 8. The fourth-order valence-corrected chi connectivity index (χ4v) is 9.19. The van der Waals surface area contributed by atoms with Gasteiger partial charge in [-0.2, -0.15) is 20.0 Å². The van der Waals surface area contributed by atoms with Gasteiger partial charge in [-0.25, -0.2) is 9.98 Å². The minimum Gasteiger partial charge on any atom is -0.370 e. The van der Waals surface area contributed by atoms with Crippen LogP contribution in [0, 0.1) is 43.3 Å². The quantitative estimate of drug-likeness (QED) is 0.0294. The first kappa shape index (κ1) is 106. The number of benzene rings is 8. The highest BCUT2D eigenvalue weighted by Crippen LogP contribution is 2.13. The lowest BCUT2D eigenvalue weighted by Crippen LogP contribution is -2.42. The number of para-hydroxylation sites is 2. The van der Waals surface area contributed by atoms with E-state index in [-0.39, 0.29) is 95.4 Å². The molecule has 0 aliphatic heterocycles. The number of nitrogens with two attached hydrogens (primary N) is 16. The highest BCUT2D eigenvalue weighted by atomic mass is 15.3. The van der Waals surface area contributed by atoms with Gasteiger partial charge in [-0.3, -0.25) is 72.9 Å². The van der Waals surface area contributed by atoms with E-state index in [4.69, 9.17) is 135 Å². The van der Waals surface area contributed by atoms with Crippen LogP contribution in [0.25, 0.3) is 0 Å². The number of guanidine groups is 16. The van der Waals surface area contributed by atoms with E-state index in [1.165, 1.54) is 41.9 Å². The standard InChI is InChI=1S/2C12H19N5.2C11H17N5.2C10H15N5.2C9H13N5/c1-17(12(15)16-11(13)14)9-5-8-10-6-3-2-4-7-10;1-17(11(13)14)12(15)16-9-5-8-10-6-3-2-4-7-10;1-16(11(14)15-10(12)13)8-7-9-5-3-2-4-6-9;1-16(10(12)13)11(14)15-8-7-9-5-3-2-4-6-9;1-15(10(13)14-9(11)12)7-8-5-3-2-4-6-8;1-15(9(11)12)10(13)14-7-8-5-3-2-4-6-8;1-14(9(12)13-8(10)11)7-5-3-2-4-6-7;1-14(8(10)11)9(12)13-7-5-3-2-4-6-7/h2-4,6-7H,5,8-9H2,1H3,(H5,13,14,15,16);2-4,6-7H,5,8-9H2,1H3,(H3,13,14)(H2,15,16);2-6H,7-8H2,1H3,(H5,12,13,14,15);2-6H,7-8H2,1H3,(H3,12,13)(H2,14,15);2-6H,7H2,1H3,(H5,11,12,13,14);2-6H,7H2,1H3,(H3,11,12)(H2,13,14);2-6H,1H3,(H5,10,11,12,13);2-6H,1H3,(H3,10,11)(H2,12,13). The molecule has 0 fully saturated rings. The number of anilines is 1. The molecule has 0 unspecified atom stereocenters. The Kier molecular flexibility index (Phi) is 52.0. The summed E-state index contributed by atoms with van der Waals surface area (Å²) < 4.78 is 0. The molecule has 0 aliphatic carbocycles. The molecule has 0 radical (unpaired) electrons. The number of rotatable bonds is 20. The van der Waals surface area contributed by atoms with E-state index in [0.717, 1.165) is 67.6 Å². The topological polar surface area (TPSA) is 732 Å². The smallest absolute Gasteiger partial charge is 0.225 e. The molecule has 0 aromatic heterocycles. The maximum Gasteiger partial charge on any atom is 0.225 e. The molecule has 664 valence electrons. The fraction of sp³-hybridized carbons (Fsp3) is 0.238. The molecule has 124 heavy (non-hydrogen) atoms. The minimum absolute atomic E-state index is 0.0104. The van der Waals surface area contributed by atoms with Crippen molar-refractivity contribution >= 4 is 107 Å². The maximum absolute atomic E-state index is 7.59. The number of hydrogen-bond donors (Lipinski definition) is 24. The Hall–Kier alpha value is -16.3. The van der Waals surface area contributed by atoms with Crippen molar-refractivity contribution in [1.82, 2.24) is 34.3 Å². The van der Waals surface area contributed by atoms with E-state index in [9.17, 15) is 0 Å². The Morgan fingerprint density at radius 1 is 0.266 bits per heavy atom. The van der Waals surface area contributed by atoms with Gasteiger partial charge in [-0.05, 0) is 96.2 Å².